The quantitative estimate of drug-likeness (QED) is 0.659. The van der Waals surface area contributed by atoms with Crippen LogP contribution in [0.2, 0.25) is 0 Å². The summed E-state index contributed by atoms with van der Waals surface area (Å²) < 4.78 is 9.48. The van der Waals surface area contributed by atoms with Gasteiger partial charge < -0.3 is 15.4 Å². The van der Waals surface area contributed by atoms with Gasteiger partial charge in [0.25, 0.3) is 11.8 Å². The second-order valence-corrected chi connectivity index (χ2v) is 5.86. The second kappa shape index (κ2) is 7.41. The van der Waals surface area contributed by atoms with Crippen LogP contribution in [0.1, 0.15) is 26.7 Å². The Bertz CT molecular complexity index is 984. The Morgan fingerprint density at radius 3 is 2.41 bits per heavy atom. The van der Waals surface area contributed by atoms with Gasteiger partial charge in [-0.25, -0.2) is 4.68 Å². The van der Waals surface area contributed by atoms with E-state index in [0.29, 0.717) is 5.69 Å². The third-order valence-electron chi connectivity index (χ3n) is 4.02. The van der Waals surface area contributed by atoms with E-state index < -0.39 is 11.8 Å². The van der Waals surface area contributed by atoms with Gasteiger partial charge in [0, 0.05) is 27.4 Å². The lowest BCUT2D eigenvalue weighted by molar-refractivity contribution is 0.101. The molecule has 0 radical (unpaired) electrons. The lowest BCUT2D eigenvalue weighted by Gasteiger charge is -2.08. The van der Waals surface area contributed by atoms with E-state index in [1.165, 1.54) is 22.7 Å². The highest BCUT2D eigenvalue weighted by Crippen LogP contribution is 2.19. The van der Waals surface area contributed by atoms with Gasteiger partial charge in [0.2, 0.25) is 0 Å². The van der Waals surface area contributed by atoms with Gasteiger partial charge in [-0.1, -0.05) is 0 Å². The minimum atomic E-state index is -0.454. The minimum absolute atomic E-state index is 0.199. The van der Waals surface area contributed by atoms with Gasteiger partial charge in [-0.05, 0) is 13.0 Å². The average Bonchev–Trinajstić information content (AvgIpc) is 3.32. The average molecular weight is 372 g/mol. The van der Waals surface area contributed by atoms with Gasteiger partial charge in [-0.2, -0.15) is 15.3 Å². The van der Waals surface area contributed by atoms with E-state index in [0.717, 1.165) is 5.69 Å². The Hall–Kier alpha value is -3.47. The molecule has 11 nitrogen and oxygen atoms in total. The van der Waals surface area contributed by atoms with E-state index in [1.807, 2.05) is 6.92 Å². The van der Waals surface area contributed by atoms with Crippen LogP contribution in [0, 0.1) is 6.92 Å². The fourth-order valence-electron chi connectivity index (χ4n) is 2.47. The minimum Gasteiger partial charge on any atom is -0.362 e. The zero-order valence-electron chi connectivity index (χ0n) is 15.4. The van der Waals surface area contributed by atoms with E-state index >= 15 is 0 Å². The number of ether oxygens (including phenoxy) is 1. The van der Waals surface area contributed by atoms with Crippen LogP contribution in [0.4, 0.5) is 11.4 Å². The van der Waals surface area contributed by atoms with Gasteiger partial charge >= 0.3 is 0 Å². The van der Waals surface area contributed by atoms with Gasteiger partial charge in [0.15, 0.2) is 5.69 Å². The molecule has 0 aliphatic heterocycles. The number of nitrogens with zero attached hydrogens (tertiary/aromatic N) is 6. The molecule has 0 saturated heterocycles. The molecule has 3 heterocycles. The molecule has 0 aromatic carbocycles. The molecule has 0 fully saturated rings. The first-order chi connectivity index (χ1) is 12.9. The topological polar surface area (TPSA) is 121 Å². The van der Waals surface area contributed by atoms with Crippen molar-refractivity contribution in [3.05, 3.63) is 41.7 Å². The summed E-state index contributed by atoms with van der Waals surface area (Å²) in [7, 11) is 4.93. The molecule has 0 saturated carbocycles. The molecule has 0 aliphatic carbocycles. The molecule has 0 unspecified atom stereocenters. The third-order valence-corrected chi connectivity index (χ3v) is 4.02. The summed E-state index contributed by atoms with van der Waals surface area (Å²) in [5.74, 6) is -0.865. The normalized spacial score (nSPS) is 10.8. The number of anilines is 2. The maximum Gasteiger partial charge on any atom is 0.276 e. The summed E-state index contributed by atoms with van der Waals surface area (Å²) in [6.07, 6.45) is 4.60. The van der Waals surface area contributed by atoms with Crippen LogP contribution in [-0.2, 0) is 25.6 Å². The maximum atomic E-state index is 12.7. The summed E-state index contributed by atoms with van der Waals surface area (Å²) >= 11 is 0. The molecule has 3 aromatic heterocycles. The van der Waals surface area contributed by atoms with Crippen molar-refractivity contribution in [2.24, 2.45) is 14.1 Å². The summed E-state index contributed by atoms with van der Waals surface area (Å²) in [6.45, 7) is 2.07. The van der Waals surface area contributed by atoms with Crippen molar-refractivity contribution in [3.8, 4) is 0 Å². The molecular weight excluding hydrogens is 352 g/mol. The van der Waals surface area contributed by atoms with E-state index in [1.54, 1.807) is 37.2 Å². The van der Waals surface area contributed by atoms with Gasteiger partial charge in [-0.3, -0.25) is 19.0 Å². The number of methoxy groups -OCH3 is 1. The molecule has 2 N–H and O–H groups in total. The van der Waals surface area contributed by atoms with Gasteiger partial charge in [0.1, 0.15) is 12.4 Å². The number of carbonyl (C=O) groups is 2. The van der Waals surface area contributed by atoms with E-state index in [-0.39, 0.29) is 23.8 Å². The Kier molecular flexibility index (Phi) is 5.03. The molecule has 142 valence electrons. The smallest absolute Gasteiger partial charge is 0.276 e. The van der Waals surface area contributed by atoms with Gasteiger partial charge in [-0.15, -0.1) is 0 Å². The number of hydrogen-bond acceptors (Lipinski definition) is 6. The lowest BCUT2D eigenvalue weighted by Crippen LogP contribution is -2.20. The van der Waals surface area contributed by atoms with Crippen LogP contribution in [-0.4, -0.2) is 48.3 Å². The van der Waals surface area contributed by atoms with Crippen molar-refractivity contribution < 1.29 is 14.3 Å². The Balaban J connectivity index is 1.78. The van der Waals surface area contributed by atoms with Crippen molar-refractivity contribution in [2.45, 2.75) is 13.7 Å². The van der Waals surface area contributed by atoms with E-state index in [4.69, 9.17) is 4.74 Å². The number of hydrogen-bond donors (Lipinski definition) is 2. The fourth-order valence-corrected chi connectivity index (χ4v) is 2.47. The summed E-state index contributed by atoms with van der Waals surface area (Å²) in [4.78, 5) is 25.1. The first-order valence-electron chi connectivity index (χ1n) is 8.06. The summed E-state index contributed by atoms with van der Waals surface area (Å²) in [6, 6.07) is 1.56. The molecule has 2 amide bonds. The van der Waals surface area contributed by atoms with E-state index in [9.17, 15) is 9.59 Å². The van der Waals surface area contributed by atoms with Crippen LogP contribution in [0.3, 0.4) is 0 Å². The molecule has 0 aliphatic rings. The SMILES string of the molecule is COCn1ccc(C(=O)Nc2cnn(C)c2C(=O)Nc2cnn(C)c2C)n1. The molecule has 3 rings (SSSR count). The highest BCUT2D eigenvalue weighted by Gasteiger charge is 2.21. The van der Waals surface area contributed by atoms with Crippen molar-refractivity contribution in [1.82, 2.24) is 29.3 Å². The van der Waals surface area contributed by atoms with Crippen molar-refractivity contribution in [3.63, 3.8) is 0 Å². The van der Waals surface area contributed by atoms with Crippen LogP contribution in [0.15, 0.2) is 24.7 Å². The molecule has 0 atom stereocenters. The highest BCUT2D eigenvalue weighted by atomic mass is 16.5. The highest BCUT2D eigenvalue weighted by molar-refractivity contribution is 6.11. The lowest BCUT2D eigenvalue weighted by atomic mass is 10.3. The fraction of sp³-hybridized carbons (Fsp3) is 0.312. The first kappa shape index (κ1) is 18.3. The zero-order valence-corrected chi connectivity index (χ0v) is 15.4. The predicted octanol–water partition coefficient (Wildman–Crippen LogP) is 0.767. The summed E-state index contributed by atoms with van der Waals surface area (Å²) in [5, 5.41) is 17.7. The number of nitrogens with one attached hydrogen (secondary N) is 2. The van der Waals surface area contributed by atoms with E-state index in [2.05, 4.69) is 25.9 Å². The number of rotatable bonds is 6. The van der Waals surface area contributed by atoms with Crippen molar-refractivity contribution in [1.29, 1.82) is 0 Å². The molecule has 11 heteroatoms. The molecule has 0 spiro atoms. The molecule has 0 bridgehead atoms. The van der Waals surface area contributed by atoms with Crippen LogP contribution in [0.5, 0.6) is 0 Å². The predicted molar refractivity (Wildman–Crippen MR) is 96.3 cm³/mol. The van der Waals surface area contributed by atoms with Crippen molar-refractivity contribution >= 4 is 23.2 Å². The molecule has 27 heavy (non-hydrogen) atoms. The van der Waals surface area contributed by atoms with Crippen LogP contribution >= 0.6 is 0 Å². The number of aromatic nitrogens is 6. The Labute approximate surface area is 154 Å². The molecule has 3 aromatic rings. The Morgan fingerprint density at radius 2 is 1.74 bits per heavy atom. The number of carbonyl (C=O) groups excluding carboxylic acids is 2. The monoisotopic (exact) mass is 372 g/mol. The second-order valence-electron chi connectivity index (χ2n) is 5.86. The third kappa shape index (κ3) is 3.72. The first-order valence-corrected chi connectivity index (χ1v) is 8.06. The zero-order chi connectivity index (χ0) is 19.6. The van der Waals surface area contributed by atoms with Crippen molar-refractivity contribution in [2.75, 3.05) is 17.7 Å². The van der Waals surface area contributed by atoms with Crippen LogP contribution in [0.25, 0.3) is 0 Å². The van der Waals surface area contributed by atoms with Crippen LogP contribution < -0.4 is 10.6 Å². The number of amides is 2. The standard InChI is InChI=1S/C16H20N8O3/c1-10-12(7-17-22(10)2)19-16(26)14-13(8-18-23(14)3)20-15(25)11-5-6-24(21-11)9-27-4/h5-8H,9H2,1-4H3,(H,19,26)(H,20,25). The summed E-state index contributed by atoms with van der Waals surface area (Å²) in [5.41, 5.74) is 2.08. The number of aryl methyl sites for hydroxylation is 2. The largest absolute Gasteiger partial charge is 0.362 e. The Morgan fingerprint density at radius 1 is 1.07 bits per heavy atom. The van der Waals surface area contributed by atoms with Gasteiger partial charge in [0.05, 0.1) is 29.5 Å². The molecular formula is C16H20N8O3. The maximum absolute atomic E-state index is 12.7.